The molecule has 0 unspecified atom stereocenters. The fourth-order valence-corrected chi connectivity index (χ4v) is 6.09. The summed E-state index contributed by atoms with van der Waals surface area (Å²) in [6.45, 7) is 2.10. The Morgan fingerprint density at radius 1 is 1.00 bits per heavy atom. The second-order valence-electron chi connectivity index (χ2n) is 9.44. The first-order chi connectivity index (χ1) is 19.7. The van der Waals surface area contributed by atoms with Gasteiger partial charge in [0.05, 0.1) is 15.5 Å². The zero-order valence-corrected chi connectivity index (χ0v) is 23.1. The maximum Gasteiger partial charge on any atom is 0.269 e. The van der Waals surface area contributed by atoms with Gasteiger partial charge in [0.2, 0.25) is 0 Å². The van der Waals surface area contributed by atoms with Crippen molar-refractivity contribution in [1.29, 1.82) is 0 Å². The number of amides is 1. The Bertz CT molecular complexity index is 2060. The molecule has 0 spiro atoms. The number of halogens is 2. The largest absolute Gasteiger partial charge is 0.348 e. The number of fused-ring (bicyclic) bond motifs is 2. The maximum atomic E-state index is 15.2. The molecule has 0 fully saturated rings. The van der Waals surface area contributed by atoms with Crippen LogP contribution in [0.2, 0.25) is 5.02 Å². The summed E-state index contributed by atoms with van der Waals surface area (Å²) < 4.78 is 43.7. The average Bonchev–Trinajstić information content (AvgIpc) is 3.37. The van der Waals surface area contributed by atoms with Crippen LogP contribution in [0.25, 0.3) is 33.1 Å². The molecule has 6 aromatic rings. The summed E-state index contributed by atoms with van der Waals surface area (Å²) in [4.78, 5) is 25.6. The van der Waals surface area contributed by atoms with Crippen LogP contribution < -0.4 is 5.32 Å². The summed E-state index contributed by atoms with van der Waals surface area (Å²) in [6, 6.07) is 16.0. The van der Waals surface area contributed by atoms with Crippen LogP contribution in [0.15, 0.2) is 96.5 Å². The molecule has 0 saturated carbocycles. The number of carbonyl (C=O) groups is 1. The van der Waals surface area contributed by atoms with Gasteiger partial charge in [-0.2, -0.15) is 0 Å². The zero-order valence-electron chi connectivity index (χ0n) is 21.5. The number of hydrogen-bond donors (Lipinski definition) is 1. The van der Waals surface area contributed by atoms with Crippen LogP contribution >= 0.6 is 11.6 Å². The van der Waals surface area contributed by atoms with E-state index in [1.54, 1.807) is 48.8 Å². The zero-order chi connectivity index (χ0) is 28.7. The summed E-state index contributed by atoms with van der Waals surface area (Å²) in [6.07, 6.45) is 7.39. The molecule has 0 radical (unpaired) electrons. The van der Waals surface area contributed by atoms with Gasteiger partial charge in [0.15, 0.2) is 5.65 Å². The monoisotopic (exact) mass is 585 g/mol. The Hall–Kier alpha value is -4.67. The molecule has 4 aromatic heterocycles. The van der Waals surface area contributed by atoms with Crippen molar-refractivity contribution in [2.24, 2.45) is 0 Å². The lowest BCUT2D eigenvalue weighted by Crippen LogP contribution is -2.23. The Kier molecular flexibility index (Phi) is 6.72. The van der Waals surface area contributed by atoms with Gasteiger partial charge < -0.3 is 5.32 Å². The fourth-order valence-electron chi connectivity index (χ4n) is 4.56. The summed E-state index contributed by atoms with van der Waals surface area (Å²) in [5.41, 5.74) is 2.79. The molecule has 2 aromatic carbocycles. The van der Waals surface area contributed by atoms with E-state index in [2.05, 4.69) is 20.3 Å². The van der Waals surface area contributed by atoms with Gasteiger partial charge in [-0.3, -0.25) is 14.8 Å². The summed E-state index contributed by atoms with van der Waals surface area (Å²) >= 11 is 6.35. The number of rotatable bonds is 6. The number of aromatic nitrogens is 4. The predicted molar refractivity (Wildman–Crippen MR) is 155 cm³/mol. The normalized spacial score (nSPS) is 11.7. The minimum atomic E-state index is -4.10. The number of hydrogen-bond acceptors (Lipinski definition) is 6. The molecule has 6 rings (SSSR count). The van der Waals surface area contributed by atoms with Crippen molar-refractivity contribution in [2.75, 3.05) is 0 Å². The fraction of sp³-hybridized carbons (Fsp3) is 0.0667. The number of nitrogens with zero attached hydrogens (tertiary/aromatic N) is 4. The molecular weight excluding hydrogens is 565 g/mol. The first-order valence-corrected chi connectivity index (χ1v) is 14.3. The molecule has 11 heteroatoms. The minimum absolute atomic E-state index is 0.0589. The molecule has 0 aliphatic carbocycles. The van der Waals surface area contributed by atoms with Crippen molar-refractivity contribution in [3.05, 3.63) is 119 Å². The van der Waals surface area contributed by atoms with Gasteiger partial charge in [0.1, 0.15) is 11.3 Å². The molecule has 0 bridgehead atoms. The molecule has 0 atom stereocenters. The Morgan fingerprint density at radius 3 is 2.56 bits per heavy atom. The van der Waals surface area contributed by atoms with E-state index in [0.717, 1.165) is 15.1 Å². The maximum absolute atomic E-state index is 15.2. The Morgan fingerprint density at radius 2 is 1.80 bits per heavy atom. The molecule has 0 aliphatic rings. The molecule has 41 heavy (non-hydrogen) atoms. The van der Waals surface area contributed by atoms with Gasteiger partial charge >= 0.3 is 0 Å². The minimum Gasteiger partial charge on any atom is -0.348 e. The van der Waals surface area contributed by atoms with Crippen LogP contribution in [0.1, 0.15) is 21.5 Å². The molecular formula is C30H21ClFN5O3S. The van der Waals surface area contributed by atoms with Crippen LogP contribution in [0, 0.1) is 12.7 Å². The van der Waals surface area contributed by atoms with Crippen molar-refractivity contribution in [3.63, 3.8) is 0 Å². The predicted octanol–water partition coefficient (Wildman–Crippen LogP) is 5.91. The number of aryl methyl sites for hydroxylation is 1. The van der Waals surface area contributed by atoms with Crippen molar-refractivity contribution >= 4 is 49.5 Å². The van der Waals surface area contributed by atoms with E-state index in [0.29, 0.717) is 26.9 Å². The van der Waals surface area contributed by atoms with Crippen LogP contribution in [0.4, 0.5) is 4.39 Å². The quantitative estimate of drug-likeness (QED) is 0.260. The van der Waals surface area contributed by atoms with Crippen LogP contribution in [-0.4, -0.2) is 33.2 Å². The van der Waals surface area contributed by atoms with Crippen LogP contribution in [-0.2, 0) is 16.6 Å². The van der Waals surface area contributed by atoms with E-state index in [1.165, 1.54) is 36.8 Å². The van der Waals surface area contributed by atoms with Crippen LogP contribution in [0.3, 0.4) is 0 Å². The standard InChI is InChI=1S/C30H21ClFN5O3S/c1-18-4-6-22(7-5-18)41(39,40)37-17-25(20-11-24-26(31)8-10-34-28(24)27(32)13-20)23-12-21(16-35-29(23)37)30(38)36-15-19-3-2-9-33-14-19/h2-14,16-17H,15H2,1H3,(H,36,38). The Balaban J connectivity index is 1.52. The highest BCUT2D eigenvalue weighted by atomic mass is 35.5. The summed E-state index contributed by atoms with van der Waals surface area (Å²) in [7, 11) is -4.10. The molecule has 204 valence electrons. The first-order valence-electron chi connectivity index (χ1n) is 12.5. The average molecular weight is 586 g/mol. The summed E-state index contributed by atoms with van der Waals surface area (Å²) in [5.74, 6) is -1.04. The van der Waals surface area contributed by atoms with E-state index >= 15 is 4.39 Å². The van der Waals surface area contributed by atoms with Gasteiger partial charge in [-0.05, 0) is 60.5 Å². The van der Waals surface area contributed by atoms with Gasteiger partial charge in [0, 0.05) is 53.9 Å². The van der Waals surface area contributed by atoms with Gasteiger partial charge in [-0.15, -0.1) is 0 Å². The summed E-state index contributed by atoms with van der Waals surface area (Å²) in [5, 5.41) is 3.82. The Labute approximate surface area is 239 Å². The van der Waals surface area contributed by atoms with E-state index in [9.17, 15) is 13.2 Å². The first kappa shape index (κ1) is 26.5. The number of benzene rings is 2. The molecule has 1 N–H and O–H groups in total. The third-order valence-electron chi connectivity index (χ3n) is 6.68. The van der Waals surface area contributed by atoms with E-state index in [4.69, 9.17) is 11.6 Å². The highest BCUT2D eigenvalue weighted by Crippen LogP contribution is 2.36. The SMILES string of the molecule is Cc1ccc(S(=O)(=O)n2cc(-c3cc(F)c4nccc(Cl)c4c3)c3cc(C(=O)NCc4cccnc4)cnc32)cc1. The smallest absolute Gasteiger partial charge is 0.269 e. The van der Waals surface area contributed by atoms with Gasteiger partial charge in [-0.25, -0.2) is 21.8 Å². The van der Waals surface area contributed by atoms with Crippen molar-refractivity contribution in [2.45, 2.75) is 18.4 Å². The lowest BCUT2D eigenvalue weighted by atomic mass is 10.0. The third-order valence-corrected chi connectivity index (χ3v) is 8.68. The highest BCUT2D eigenvalue weighted by molar-refractivity contribution is 7.90. The topological polar surface area (TPSA) is 107 Å². The lowest BCUT2D eigenvalue weighted by molar-refractivity contribution is 0.0950. The van der Waals surface area contributed by atoms with Crippen molar-refractivity contribution < 1.29 is 17.6 Å². The highest BCUT2D eigenvalue weighted by Gasteiger charge is 2.24. The molecule has 4 heterocycles. The molecule has 0 saturated heterocycles. The van der Waals surface area contributed by atoms with E-state index < -0.39 is 21.7 Å². The number of nitrogens with one attached hydrogen (secondary N) is 1. The number of pyridine rings is 3. The lowest BCUT2D eigenvalue weighted by Gasteiger charge is -2.08. The second-order valence-corrected chi connectivity index (χ2v) is 11.7. The van der Waals surface area contributed by atoms with Crippen molar-refractivity contribution in [1.82, 2.24) is 24.2 Å². The van der Waals surface area contributed by atoms with E-state index in [1.807, 2.05) is 13.0 Å². The second kappa shape index (κ2) is 10.4. The molecule has 0 aliphatic heterocycles. The number of carbonyl (C=O) groups excluding carboxylic acids is 1. The van der Waals surface area contributed by atoms with Gasteiger partial charge in [-0.1, -0.05) is 35.4 Å². The molecule has 8 nitrogen and oxygen atoms in total. The van der Waals surface area contributed by atoms with E-state index in [-0.39, 0.29) is 28.2 Å². The van der Waals surface area contributed by atoms with Gasteiger partial charge in [0.25, 0.3) is 15.9 Å². The van der Waals surface area contributed by atoms with Crippen LogP contribution in [0.5, 0.6) is 0 Å². The van der Waals surface area contributed by atoms with Crippen molar-refractivity contribution in [3.8, 4) is 11.1 Å². The molecule has 1 amide bonds. The third kappa shape index (κ3) is 4.92.